The summed E-state index contributed by atoms with van der Waals surface area (Å²) in [5.74, 6) is 0.765. The van der Waals surface area contributed by atoms with Gasteiger partial charge in [0.25, 0.3) is 0 Å². The highest BCUT2D eigenvalue weighted by atomic mass is 16.2. The Hall–Kier alpha value is -2.10. The van der Waals surface area contributed by atoms with Crippen LogP contribution in [0.1, 0.15) is 49.7 Å². The molecule has 1 aromatic carbocycles. The molecule has 0 spiro atoms. The number of hydrogen-bond acceptors (Lipinski definition) is 2. The third-order valence-electron chi connectivity index (χ3n) is 5.92. The predicted octanol–water partition coefficient (Wildman–Crippen LogP) is 3.38. The van der Waals surface area contributed by atoms with Gasteiger partial charge in [-0.3, -0.25) is 9.59 Å². The van der Waals surface area contributed by atoms with Crippen LogP contribution in [0.4, 0.5) is 0 Å². The topological polar surface area (TPSA) is 40.6 Å². The molecule has 2 saturated heterocycles. The molecular weight excluding hydrogens is 324 g/mol. The normalized spacial score (nSPS) is 21.5. The minimum absolute atomic E-state index is 0.0236. The van der Waals surface area contributed by atoms with Gasteiger partial charge in [0, 0.05) is 38.0 Å². The molecule has 2 heterocycles. The molecule has 1 aromatic rings. The van der Waals surface area contributed by atoms with E-state index >= 15 is 0 Å². The fourth-order valence-electron chi connectivity index (χ4n) is 4.21. The first-order valence-corrected chi connectivity index (χ1v) is 9.91. The highest BCUT2D eigenvalue weighted by Gasteiger charge is 2.32. The number of hydrogen-bond donors (Lipinski definition) is 0. The number of aryl methyl sites for hydroxylation is 1. The van der Waals surface area contributed by atoms with Crippen LogP contribution >= 0.6 is 0 Å². The summed E-state index contributed by atoms with van der Waals surface area (Å²) in [6.45, 7) is 8.74. The van der Waals surface area contributed by atoms with E-state index in [9.17, 15) is 9.59 Å². The van der Waals surface area contributed by atoms with Crippen molar-refractivity contribution in [3.8, 4) is 0 Å². The molecule has 1 unspecified atom stereocenters. The van der Waals surface area contributed by atoms with Crippen LogP contribution in [0.15, 0.2) is 36.9 Å². The Morgan fingerprint density at radius 1 is 1.08 bits per heavy atom. The first-order chi connectivity index (χ1) is 12.6. The van der Waals surface area contributed by atoms with Crippen LogP contribution < -0.4 is 0 Å². The molecule has 2 aliphatic rings. The van der Waals surface area contributed by atoms with Gasteiger partial charge in [-0.2, -0.15) is 0 Å². The molecule has 0 bridgehead atoms. The monoisotopic (exact) mass is 354 g/mol. The van der Waals surface area contributed by atoms with E-state index in [1.165, 1.54) is 17.2 Å². The zero-order valence-corrected chi connectivity index (χ0v) is 15.8. The van der Waals surface area contributed by atoms with Gasteiger partial charge < -0.3 is 9.80 Å². The summed E-state index contributed by atoms with van der Waals surface area (Å²) in [7, 11) is 0. The molecule has 0 aliphatic carbocycles. The molecule has 3 rings (SSSR count). The number of amides is 2. The minimum atomic E-state index is -0.0236. The Bertz CT molecular complexity index is 645. The Balaban J connectivity index is 1.58. The predicted molar refractivity (Wildman–Crippen MR) is 104 cm³/mol. The van der Waals surface area contributed by atoms with Crippen molar-refractivity contribution in [1.29, 1.82) is 0 Å². The smallest absolute Gasteiger partial charge is 0.245 e. The molecule has 26 heavy (non-hydrogen) atoms. The number of carbonyl (C=O) groups excluding carboxylic acids is 2. The second kappa shape index (κ2) is 8.52. The molecule has 0 radical (unpaired) electrons. The maximum absolute atomic E-state index is 13.0. The van der Waals surface area contributed by atoms with Crippen molar-refractivity contribution < 1.29 is 9.59 Å². The number of likely N-dealkylation sites (tertiary alicyclic amines) is 2. The lowest BCUT2D eigenvalue weighted by molar-refractivity contribution is -0.140. The lowest BCUT2D eigenvalue weighted by atomic mass is 9.88. The lowest BCUT2D eigenvalue weighted by Gasteiger charge is -2.38. The van der Waals surface area contributed by atoms with Gasteiger partial charge in [-0.15, -0.1) is 0 Å². The molecule has 2 fully saturated rings. The maximum atomic E-state index is 13.0. The quantitative estimate of drug-likeness (QED) is 0.778. The largest absolute Gasteiger partial charge is 0.342 e. The highest BCUT2D eigenvalue weighted by Crippen LogP contribution is 2.29. The van der Waals surface area contributed by atoms with E-state index in [2.05, 4.69) is 42.7 Å². The van der Waals surface area contributed by atoms with Crippen molar-refractivity contribution in [3.63, 3.8) is 0 Å². The summed E-state index contributed by atoms with van der Waals surface area (Å²) in [6.07, 6.45) is 6.18. The number of benzene rings is 1. The van der Waals surface area contributed by atoms with E-state index in [0.717, 1.165) is 45.2 Å². The number of rotatable bonds is 4. The maximum Gasteiger partial charge on any atom is 0.245 e. The molecule has 140 valence electrons. The Labute approximate surface area is 156 Å². The van der Waals surface area contributed by atoms with Gasteiger partial charge in [0.2, 0.25) is 11.8 Å². The Morgan fingerprint density at radius 2 is 1.77 bits per heavy atom. The Kier molecular flexibility index (Phi) is 6.12. The van der Waals surface area contributed by atoms with E-state index in [1.54, 1.807) is 4.90 Å². The molecule has 2 aliphatic heterocycles. The number of nitrogens with zero attached hydrogens (tertiary/aromatic N) is 2. The van der Waals surface area contributed by atoms with Gasteiger partial charge in [-0.25, -0.2) is 0 Å². The first-order valence-electron chi connectivity index (χ1n) is 9.91. The molecule has 1 atom stereocenters. The third-order valence-corrected chi connectivity index (χ3v) is 5.92. The summed E-state index contributed by atoms with van der Waals surface area (Å²) >= 11 is 0. The van der Waals surface area contributed by atoms with Gasteiger partial charge in [0.1, 0.15) is 0 Å². The van der Waals surface area contributed by atoms with E-state index in [4.69, 9.17) is 0 Å². The van der Waals surface area contributed by atoms with E-state index in [0.29, 0.717) is 19.0 Å². The van der Waals surface area contributed by atoms with Crippen LogP contribution in [0, 0.1) is 5.92 Å². The highest BCUT2D eigenvalue weighted by molar-refractivity contribution is 5.87. The van der Waals surface area contributed by atoms with Gasteiger partial charge in [0.05, 0.1) is 0 Å². The lowest BCUT2D eigenvalue weighted by Crippen LogP contribution is -2.46. The molecule has 4 heteroatoms. The van der Waals surface area contributed by atoms with Crippen LogP contribution in [0.3, 0.4) is 0 Å². The zero-order chi connectivity index (χ0) is 18.5. The van der Waals surface area contributed by atoms with Crippen molar-refractivity contribution in [2.45, 2.75) is 44.9 Å². The molecule has 0 N–H and O–H groups in total. The average molecular weight is 354 g/mol. The van der Waals surface area contributed by atoms with Gasteiger partial charge >= 0.3 is 0 Å². The fraction of sp³-hybridized carbons (Fsp3) is 0.545. The van der Waals surface area contributed by atoms with Crippen molar-refractivity contribution in [3.05, 3.63) is 48.0 Å². The van der Waals surface area contributed by atoms with E-state index < -0.39 is 0 Å². The molecular formula is C22H30N2O2. The van der Waals surface area contributed by atoms with Crippen molar-refractivity contribution in [2.24, 2.45) is 5.92 Å². The molecule has 0 saturated carbocycles. The fourth-order valence-corrected chi connectivity index (χ4v) is 4.21. The van der Waals surface area contributed by atoms with E-state index in [-0.39, 0.29) is 17.7 Å². The Morgan fingerprint density at radius 3 is 2.38 bits per heavy atom. The van der Waals surface area contributed by atoms with Crippen LogP contribution in [-0.4, -0.2) is 47.8 Å². The van der Waals surface area contributed by atoms with Crippen LogP contribution in [0.5, 0.6) is 0 Å². The van der Waals surface area contributed by atoms with Crippen molar-refractivity contribution in [2.75, 3.05) is 26.2 Å². The minimum Gasteiger partial charge on any atom is -0.342 e. The summed E-state index contributed by atoms with van der Waals surface area (Å²) in [5, 5.41) is 0. The molecule has 0 aromatic heterocycles. The van der Waals surface area contributed by atoms with Gasteiger partial charge in [-0.05, 0) is 49.3 Å². The SMILES string of the molecule is C=CC(=O)N1CCC(C(=O)N2CCCC(c3ccc(CC)cc3)C2)CC1. The standard InChI is InChI=1S/C22H30N2O2/c1-3-17-7-9-18(10-8-17)20-6-5-13-24(16-20)22(26)19-11-14-23(15-12-19)21(25)4-2/h4,7-10,19-20H,2-3,5-6,11-16H2,1H3. The van der Waals surface area contributed by atoms with Crippen LogP contribution in [0.2, 0.25) is 0 Å². The van der Waals surface area contributed by atoms with Crippen molar-refractivity contribution >= 4 is 11.8 Å². The second-order valence-corrected chi connectivity index (χ2v) is 7.52. The van der Waals surface area contributed by atoms with Crippen molar-refractivity contribution in [1.82, 2.24) is 9.80 Å². The van der Waals surface area contributed by atoms with E-state index in [1.807, 2.05) is 0 Å². The summed E-state index contributed by atoms with van der Waals surface area (Å²) < 4.78 is 0. The summed E-state index contributed by atoms with van der Waals surface area (Å²) in [6, 6.07) is 8.89. The van der Waals surface area contributed by atoms with Crippen LogP contribution in [0.25, 0.3) is 0 Å². The first kappa shape index (κ1) is 18.7. The van der Waals surface area contributed by atoms with Crippen LogP contribution in [-0.2, 0) is 16.0 Å². The molecule has 2 amide bonds. The number of piperidine rings is 2. The molecule has 4 nitrogen and oxygen atoms in total. The third kappa shape index (κ3) is 4.17. The second-order valence-electron chi connectivity index (χ2n) is 7.52. The average Bonchev–Trinajstić information content (AvgIpc) is 2.73. The van der Waals surface area contributed by atoms with Gasteiger partial charge in [-0.1, -0.05) is 37.8 Å². The van der Waals surface area contributed by atoms with Gasteiger partial charge in [0.15, 0.2) is 0 Å². The number of carbonyl (C=O) groups is 2. The zero-order valence-electron chi connectivity index (χ0n) is 15.8. The summed E-state index contributed by atoms with van der Waals surface area (Å²) in [5.41, 5.74) is 2.71. The summed E-state index contributed by atoms with van der Waals surface area (Å²) in [4.78, 5) is 28.5.